The molecule has 0 unspecified atom stereocenters. The van der Waals surface area contributed by atoms with Gasteiger partial charge in [0, 0.05) is 20.3 Å². The first-order valence-corrected chi connectivity index (χ1v) is 8.99. The molecule has 1 aliphatic heterocycles. The molecule has 0 aliphatic carbocycles. The summed E-state index contributed by atoms with van der Waals surface area (Å²) in [5, 5.41) is 0. The molecule has 0 amide bonds. The Morgan fingerprint density at radius 1 is 1.03 bits per heavy atom. The third-order valence-electron chi connectivity index (χ3n) is 4.24. The second-order valence-electron chi connectivity index (χ2n) is 6.60. The van der Waals surface area contributed by atoms with Crippen LogP contribution in [0.5, 0.6) is 5.75 Å². The molecule has 30 heavy (non-hydrogen) atoms. The molecule has 1 heterocycles. The van der Waals surface area contributed by atoms with E-state index >= 15 is 0 Å². The number of hydrogen-bond acceptors (Lipinski definition) is 10. The number of benzene rings is 1. The fourth-order valence-electron chi connectivity index (χ4n) is 3.10. The van der Waals surface area contributed by atoms with Gasteiger partial charge in [-0.15, -0.1) is 0 Å². The van der Waals surface area contributed by atoms with Crippen LogP contribution in [0.1, 0.15) is 46.5 Å². The van der Waals surface area contributed by atoms with Crippen LogP contribution >= 0.6 is 0 Å². The van der Waals surface area contributed by atoms with Crippen LogP contribution in [0.2, 0.25) is 0 Å². The standard InChI is InChI=1S/C20H22O10/c1-10-5-13(8-21)17(14(6-10)9-22)30-20-18(28-12(3)24)15(27-11(2)23)7-16(29-20)19(25)26-4/h5-6,8-9,15-16,18,20H,7H2,1-4H3/t15-,16-,18+,20-/m0/s1. The minimum atomic E-state index is -1.48. The molecular formula is C20H22O10. The third kappa shape index (κ3) is 5.41. The van der Waals surface area contributed by atoms with E-state index < -0.39 is 42.5 Å². The van der Waals surface area contributed by atoms with Crippen molar-refractivity contribution in [1.29, 1.82) is 0 Å². The predicted octanol–water partition coefficient (Wildman–Crippen LogP) is 1.15. The molecule has 1 fully saturated rings. The third-order valence-corrected chi connectivity index (χ3v) is 4.24. The molecule has 0 aromatic heterocycles. The molecule has 1 aliphatic rings. The molecule has 1 saturated heterocycles. The highest BCUT2D eigenvalue weighted by Gasteiger charge is 2.47. The van der Waals surface area contributed by atoms with Crippen molar-refractivity contribution in [2.75, 3.05) is 7.11 Å². The molecule has 0 N–H and O–H groups in total. The number of hydrogen-bond donors (Lipinski definition) is 0. The quantitative estimate of drug-likeness (QED) is 0.358. The van der Waals surface area contributed by atoms with E-state index in [0.717, 1.165) is 21.0 Å². The highest BCUT2D eigenvalue weighted by molar-refractivity contribution is 5.89. The Labute approximate surface area is 172 Å². The van der Waals surface area contributed by atoms with Gasteiger partial charge in [-0.3, -0.25) is 19.2 Å². The lowest BCUT2D eigenvalue weighted by Gasteiger charge is -2.39. The number of carbonyl (C=O) groups is 5. The summed E-state index contributed by atoms with van der Waals surface area (Å²) in [6.07, 6.45) is -4.23. The van der Waals surface area contributed by atoms with Crippen molar-refractivity contribution in [3.05, 3.63) is 28.8 Å². The topological polar surface area (TPSA) is 132 Å². The van der Waals surface area contributed by atoms with Crippen molar-refractivity contribution in [2.24, 2.45) is 0 Å². The predicted molar refractivity (Wildman–Crippen MR) is 99.0 cm³/mol. The minimum absolute atomic E-state index is 0.0477. The Morgan fingerprint density at radius 3 is 2.07 bits per heavy atom. The molecule has 0 saturated carbocycles. The molecule has 10 nitrogen and oxygen atoms in total. The first-order chi connectivity index (χ1) is 14.2. The minimum Gasteiger partial charge on any atom is -0.467 e. The van der Waals surface area contributed by atoms with Gasteiger partial charge >= 0.3 is 17.9 Å². The summed E-state index contributed by atoms with van der Waals surface area (Å²) in [5.74, 6) is -2.29. The second-order valence-corrected chi connectivity index (χ2v) is 6.60. The van der Waals surface area contributed by atoms with Crippen molar-refractivity contribution in [3.63, 3.8) is 0 Å². The lowest BCUT2D eigenvalue weighted by Crippen LogP contribution is -2.56. The molecule has 0 radical (unpaired) electrons. The van der Waals surface area contributed by atoms with Crippen molar-refractivity contribution in [3.8, 4) is 5.75 Å². The second kappa shape index (κ2) is 9.97. The molecule has 162 valence electrons. The maximum Gasteiger partial charge on any atom is 0.335 e. The van der Waals surface area contributed by atoms with Gasteiger partial charge < -0.3 is 23.7 Å². The molecule has 10 heteroatoms. The van der Waals surface area contributed by atoms with E-state index in [1.165, 1.54) is 12.1 Å². The van der Waals surface area contributed by atoms with E-state index in [2.05, 4.69) is 4.74 Å². The molecule has 0 bridgehead atoms. The zero-order valence-electron chi connectivity index (χ0n) is 16.9. The molecular weight excluding hydrogens is 400 g/mol. The Kier molecular flexibility index (Phi) is 7.65. The van der Waals surface area contributed by atoms with Crippen molar-refractivity contribution < 1.29 is 47.7 Å². The van der Waals surface area contributed by atoms with Crippen LogP contribution in [0.4, 0.5) is 0 Å². The number of methoxy groups -OCH3 is 1. The molecule has 0 spiro atoms. The maximum absolute atomic E-state index is 12.1. The summed E-state index contributed by atoms with van der Waals surface area (Å²) in [7, 11) is 1.15. The van der Waals surface area contributed by atoms with Gasteiger partial charge in [0.05, 0.1) is 18.2 Å². The van der Waals surface area contributed by atoms with Crippen LogP contribution in [-0.2, 0) is 33.3 Å². The van der Waals surface area contributed by atoms with E-state index in [1.54, 1.807) is 6.92 Å². The fourth-order valence-corrected chi connectivity index (χ4v) is 3.10. The monoisotopic (exact) mass is 422 g/mol. The summed E-state index contributed by atoms with van der Waals surface area (Å²) >= 11 is 0. The maximum atomic E-state index is 12.1. The summed E-state index contributed by atoms with van der Waals surface area (Å²) in [6, 6.07) is 2.97. The SMILES string of the molecule is COC(=O)[C@@H]1C[C@H](OC(C)=O)[C@@H](OC(C)=O)[C@H](Oc2c(C=O)cc(C)cc2C=O)O1. The summed E-state index contributed by atoms with van der Waals surface area (Å²) in [5.41, 5.74) is 0.732. The number of esters is 3. The van der Waals surface area contributed by atoms with Gasteiger partial charge in [0.1, 0.15) is 11.9 Å². The van der Waals surface area contributed by atoms with Gasteiger partial charge in [-0.2, -0.15) is 0 Å². The van der Waals surface area contributed by atoms with E-state index in [1.807, 2.05) is 0 Å². The number of aldehydes is 2. The normalized spacial score (nSPS) is 23.1. The average Bonchev–Trinajstić information content (AvgIpc) is 2.69. The molecule has 4 atom stereocenters. The van der Waals surface area contributed by atoms with Crippen LogP contribution in [0.25, 0.3) is 0 Å². The van der Waals surface area contributed by atoms with Gasteiger partial charge in [-0.1, -0.05) is 0 Å². The summed E-state index contributed by atoms with van der Waals surface area (Å²) < 4.78 is 26.5. The van der Waals surface area contributed by atoms with Crippen LogP contribution in [0, 0.1) is 6.92 Å². The Morgan fingerprint density at radius 2 is 1.60 bits per heavy atom. The van der Waals surface area contributed by atoms with Crippen molar-refractivity contribution in [2.45, 2.75) is 51.8 Å². The van der Waals surface area contributed by atoms with Crippen LogP contribution < -0.4 is 4.74 Å². The lowest BCUT2D eigenvalue weighted by molar-refractivity contribution is -0.251. The number of ether oxygens (including phenoxy) is 5. The van der Waals surface area contributed by atoms with Gasteiger partial charge in [0.25, 0.3) is 0 Å². The van der Waals surface area contributed by atoms with Crippen molar-refractivity contribution in [1.82, 2.24) is 0 Å². The van der Waals surface area contributed by atoms with E-state index in [-0.39, 0.29) is 23.3 Å². The van der Waals surface area contributed by atoms with E-state index in [9.17, 15) is 24.0 Å². The van der Waals surface area contributed by atoms with Gasteiger partial charge in [0.2, 0.25) is 12.4 Å². The highest BCUT2D eigenvalue weighted by Crippen LogP contribution is 2.31. The first-order valence-electron chi connectivity index (χ1n) is 8.99. The summed E-state index contributed by atoms with van der Waals surface area (Å²) in [6.45, 7) is 3.97. The van der Waals surface area contributed by atoms with Crippen molar-refractivity contribution >= 4 is 30.5 Å². The lowest BCUT2D eigenvalue weighted by atomic mass is 10.0. The Balaban J connectivity index is 2.49. The number of aryl methyl sites for hydroxylation is 1. The fraction of sp³-hybridized carbons (Fsp3) is 0.450. The van der Waals surface area contributed by atoms with Gasteiger partial charge in [-0.25, -0.2) is 4.79 Å². The zero-order valence-corrected chi connectivity index (χ0v) is 16.9. The molecule has 1 aromatic rings. The number of rotatable bonds is 7. The zero-order chi connectivity index (χ0) is 22.4. The largest absolute Gasteiger partial charge is 0.467 e. The molecule has 2 rings (SSSR count). The summed E-state index contributed by atoms with van der Waals surface area (Å²) in [4.78, 5) is 58.2. The average molecular weight is 422 g/mol. The van der Waals surface area contributed by atoms with Gasteiger partial charge in [0.15, 0.2) is 18.7 Å². The van der Waals surface area contributed by atoms with E-state index in [0.29, 0.717) is 18.1 Å². The molecule has 1 aromatic carbocycles. The Hall–Kier alpha value is -3.27. The first kappa shape index (κ1) is 23.0. The van der Waals surface area contributed by atoms with Gasteiger partial charge in [-0.05, 0) is 24.6 Å². The Bertz CT molecular complexity index is 817. The van der Waals surface area contributed by atoms with Crippen LogP contribution in [-0.4, -0.2) is 62.2 Å². The van der Waals surface area contributed by atoms with Crippen LogP contribution in [0.3, 0.4) is 0 Å². The van der Waals surface area contributed by atoms with Crippen LogP contribution in [0.15, 0.2) is 12.1 Å². The highest BCUT2D eigenvalue weighted by atomic mass is 16.7. The van der Waals surface area contributed by atoms with E-state index in [4.69, 9.17) is 18.9 Å². The number of carbonyl (C=O) groups excluding carboxylic acids is 5. The smallest absolute Gasteiger partial charge is 0.335 e.